The molecule has 1 aliphatic heterocycles. The van der Waals surface area contributed by atoms with Gasteiger partial charge in [0.05, 0.1) is 0 Å². The van der Waals surface area contributed by atoms with E-state index in [1.165, 1.54) is 6.54 Å². The summed E-state index contributed by atoms with van der Waals surface area (Å²) in [6.45, 7) is 10.9. The lowest BCUT2D eigenvalue weighted by atomic mass is 10.2. The summed E-state index contributed by atoms with van der Waals surface area (Å²) >= 11 is 0. The van der Waals surface area contributed by atoms with Crippen molar-refractivity contribution in [3.05, 3.63) is 0 Å². The fraction of sp³-hybridized carbons (Fsp3) is 1.00. The smallest absolute Gasteiger partial charge is 0.158 e. The molecule has 0 saturated carbocycles. The van der Waals surface area contributed by atoms with E-state index >= 15 is 0 Å². The summed E-state index contributed by atoms with van der Waals surface area (Å²) in [6, 6.07) is 0.608. The molecule has 5 heteroatoms. The van der Waals surface area contributed by atoms with Gasteiger partial charge < -0.3 is 19.7 Å². The lowest BCUT2D eigenvalue weighted by molar-refractivity contribution is -0.138. The van der Waals surface area contributed by atoms with Crippen molar-refractivity contribution in [2.24, 2.45) is 0 Å². The number of nitrogens with zero attached hydrogens (tertiary/aromatic N) is 2. The highest BCUT2D eigenvalue weighted by Gasteiger charge is 2.21. The highest BCUT2D eigenvalue weighted by Crippen LogP contribution is 2.05. The Morgan fingerprint density at radius 1 is 1.16 bits per heavy atom. The summed E-state index contributed by atoms with van der Waals surface area (Å²) < 4.78 is 11.1. The van der Waals surface area contributed by atoms with Crippen molar-refractivity contribution in [1.82, 2.24) is 15.1 Å². The molecule has 0 radical (unpaired) electrons. The number of rotatable bonds is 9. The number of nitrogens with one attached hydrogen (secondary N) is 1. The van der Waals surface area contributed by atoms with Crippen LogP contribution < -0.4 is 5.32 Å². The minimum Gasteiger partial charge on any atom is -0.353 e. The van der Waals surface area contributed by atoms with Crippen LogP contribution in [0.3, 0.4) is 0 Å². The van der Waals surface area contributed by atoms with Crippen molar-refractivity contribution in [3.63, 3.8) is 0 Å². The van der Waals surface area contributed by atoms with Gasteiger partial charge in [0.2, 0.25) is 0 Å². The van der Waals surface area contributed by atoms with E-state index < -0.39 is 0 Å². The quantitative estimate of drug-likeness (QED) is 0.492. The highest BCUT2D eigenvalue weighted by molar-refractivity contribution is 4.80. The topological polar surface area (TPSA) is 37.0 Å². The maximum absolute atomic E-state index is 5.53. The molecule has 0 aromatic carbocycles. The van der Waals surface area contributed by atoms with Gasteiger partial charge in [-0.1, -0.05) is 0 Å². The van der Waals surface area contributed by atoms with Crippen molar-refractivity contribution >= 4 is 0 Å². The molecule has 0 aromatic heterocycles. The standard InChI is InChI=1S/C14H31N3O2/c1-5-18-14(19-6-2)7-8-15-11-13-12-16(3)9-10-17(13)4/h13-15H,5-12H2,1-4H3. The molecule has 1 heterocycles. The van der Waals surface area contributed by atoms with Crippen LogP contribution in [0.5, 0.6) is 0 Å². The fourth-order valence-electron chi connectivity index (χ4n) is 2.40. The van der Waals surface area contributed by atoms with Crippen molar-refractivity contribution in [2.75, 3.05) is 60.0 Å². The maximum atomic E-state index is 5.53. The third-order valence-corrected chi connectivity index (χ3v) is 3.62. The van der Waals surface area contributed by atoms with Gasteiger partial charge in [-0.3, -0.25) is 4.90 Å². The minimum absolute atomic E-state index is 0.0609. The highest BCUT2D eigenvalue weighted by atomic mass is 16.7. The number of piperazine rings is 1. The molecular formula is C14H31N3O2. The van der Waals surface area contributed by atoms with Gasteiger partial charge in [-0.25, -0.2) is 0 Å². The number of hydrogen-bond acceptors (Lipinski definition) is 5. The van der Waals surface area contributed by atoms with Crippen LogP contribution in [0.25, 0.3) is 0 Å². The zero-order valence-electron chi connectivity index (χ0n) is 13.0. The van der Waals surface area contributed by atoms with Crippen LogP contribution in [0.15, 0.2) is 0 Å². The predicted molar refractivity (Wildman–Crippen MR) is 78.4 cm³/mol. The molecule has 1 saturated heterocycles. The van der Waals surface area contributed by atoms with Crippen molar-refractivity contribution in [3.8, 4) is 0 Å². The van der Waals surface area contributed by atoms with Gasteiger partial charge in [-0.15, -0.1) is 0 Å². The number of likely N-dealkylation sites (N-methyl/N-ethyl adjacent to an activating group) is 2. The van der Waals surface area contributed by atoms with E-state index in [0.29, 0.717) is 19.3 Å². The Hall–Kier alpha value is -0.200. The molecule has 19 heavy (non-hydrogen) atoms. The molecule has 1 atom stereocenters. The largest absolute Gasteiger partial charge is 0.353 e. The Labute approximate surface area is 118 Å². The molecule has 1 fully saturated rings. The Morgan fingerprint density at radius 3 is 2.47 bits per heavy atom. The number of hydrogen-bond donors (Lipinski definition) is 1. The molecule has 5 nitrogen and oxygen atoms in total. The Morgan fingerprint density at radius 2 is 1.84 bits per heavy atom. The monoisotopic (exact) mass is 273 g/mol. The molecule has 0 bridgehead atoms. The van der Waals surface area contributed by atoms with E-state index in [0.717, 1.165) is 32.6 Å². The van der Waals surface area contributed by atoms with Gasteiger partial charge in [0.15, 0.2) is 6.29 Å². The van der Waals surface area contributed by atoms with Crippen molar-refractivity contribution in [1.29, 1.82) is 0 Å². The van der Waals surface area contributed by atoms with Crippen LogP contribution in [0.4, 0.5) is 0 Å². The van der Waals surface area contributed by atoms with Crippen LogP contribution in [0, 0.1) is 0 Å². The number of ether oxygens (including phenoxy) is 2. The summed E-state index contributed by atoms with van der Waals surface area (Å²) in [7, 11) is 4.41. The summed E-state index contributed by atoms with van der Waals surface area (Å²) in [4.78, 5) is 4.84. The molecule has 1 unspecified atom stereocenters. The summed E-state index contributed by atoms with van der Waals surface area (Å²) in [5.41, 5.74) is 0. The van der Waals surface area contributed by atoms with Crippen molar-refractivity contribution in [2.45, 2.75) is 32.6 Å². The first-order chi connectivity index (χ1) is 9.17. The molecule has 114 valence electrons. The Balaban J connectivity index is 2.14. The van der Waals surface area contributed by atoms with Crippen LogP contribution in [-0.4, -0.2) is 82.2 Å². The van der Waals surface area contributed by atoms with E-state index in [2.05, 4.69) is 29.2 Å². The summed E-state index contributed by atoms with van der Waals surface area (Å²) in [5.74, 6) is 0. The fourth-order valence-corrected chi connectivity index (χ4v) is 2.40. The van der Waals surface area contributed by atoms with Gasteiger partial charge in [0, 0.05) is 58.4 Å². The van der Waals surface area contributed by atoms with E-state index in [1.807, 2.05) is 13.8 Å². The second-order valence-electron chi connectivity index (χ2n) is 5.23. The molecule has 1 rings (SSSR count). The lowest BCUT2D eigenvalue weighted by Crippen LogP contribution is -2.53. The van der Waals surface area contributed by atoms with Gasteiger partial charge >= 0.3 is 0 Å². The van der Waals surface area contributed by atoms with E-state index in [9.17, 15) is 0 Å². The Bertz CT molecular complexity index is 223. The average Bonchev–Trinajstić information content (AvgIpc) is 2.39. The predicted octanol–water partition coefficient (Wildman–Crippen LogP) is 0.611. The molecule has 0 spiro atoms. The van der Waals surface area contributed by atoms with Crippen LogP contribution >= 0.6 is 0 Å². The first-order valence-corrected chi connectivity index (χ1v) is 7.50. The molecular weight excluding hydrogens is 242 g/mol. The lowest BCUT2D eigenvalue weighted by Gasteiger charge is -2.37. The van der Waals surface area contributed by atoms with E-state index in [-0.39, 0.29) is 6.29 Å². The molecule has 1 N–H and O–H groups in total. The normalized spacial score (nSPS) is 22.3. The first-order valence-electron chi connectivity index (χ1n) is 7.50. The first kappa shape index (κ1) is 16.9. The minimum atomic E-state index is -0.0609. The average molecular weight is 273 g/mol. The van der Waals surface area contributed by atoms with Crippen molar-refractivity contribution < 1.29 is 9.47 Å². The molecule has 0 aromatic rings. The van der Waals surface area contributed by atoms with Gasteiger partial charge in [-0.05, 0) is 27.9 Å². The summed E-state index contributed by atoms with van der Waals surface area (Å²) in [5, 5.41) is 3.53. The maximum Gasteiger partial charge on any atom is 0.158 e. The van der Waals surface area contributed by atoms with Crippen LogP contribution in [-0.2, 0) is 9.47 Å². The third-order valence-electron chi connectivity index (χ3n) is 3.62. The molecule has 0 aliphatic carbocycles. The van der Waals surface area contributed by atoms with Crippen LogP contribution in [0.1, 0.15) is 20.3 Å². The summed E-state index contributed by atoms with van der Waals surface area (Å²) in [6.07, 6.45) is 0.850. The SMILES string of the molecule is CCOC(CCNCC1CN(C)CCN1C)OCC. The van der Waals surface area contributed by atoms with Gasteiger partial charge in [0.25, 0.3) is 0 Å². The third kappa shape index (κ3) is 6.68. The molecule has 0 amide bonds. The molecule has 1 aliphatic rings. The van der Waals surface area contributed by atoms with E-state index in [4.69, 9.17) is 9.47 Å². The van der Waals surface area contributed by atoms with E-state index in [1.54, 1.807) is 0 Å². The van der Waals surface area contributed by atoms with Crippen LogP contribution in [0.2, 0.25) is 0 Å². The second-order valence-corrected chi connectivity index (χ2v) is 5.23. The zero-order valence-corrected chi connectivity index (χ0v) is 13.0. The Kier molecular flexibility index (Phi) is 8.57. The zero-order chi connectivity index (χ0) is 14.1. The second kappa shape index (κ2) is 9.66. The van der Waals surface area contributed by atoms with Gasteiger partial charge in [0.1, 0.15) is 0 Å². The van der Waals surface area contributed by atoms with Gasteiger partial charge in [-0.2, -0.15) is 0 Å².